The van der Waals surface area contributed by atoms with Gasteiger partial charge in [-0.3, -0.25) is 14.9 Å². The van der Waals surface area contributed by atoms with E-state index in [4.69, 9.17) is 10.0 Å². The van der Waals surface area contributed by atoms with Crippen molar-refractivity contribution in [2.45, 2.75) is 0 Å². The van der Waals surface area contributed by atoms with Gasteiger partial charge in [-0.1, -0.05) is 24.3 Å². The van der Waals surface area contributed by atoms with E-state index >= 15 is 0 Å². The van der Waals surface area contributed by atoms with Crippen molar-refractivity contribution in [2.75, 3.05) is 5.32 Å². The monoisotopic (exact) mass is 286 g/mol. The molecule has 1 amide bonds. The minimum absolute atomic E-state index is 0.0574. The molecular weight excluding hydrogens is 275 g/mol. The number of nitrogens with one attached hydrogen (secondary N) is 1. The van der Waals surface area contributed by atoms with Gasteiger partial charge in [0.1, 0.15) is 5.56 Å². The molecule has 2 aromatic carbocycles. The van der Waals surface area contributed by atoms with Gasteiger partial charge in [0.25, 0.3) is 11.6 Å². The van der Waals surface area contributed by atoms with Crippen LogP contribution in [0.1, 0.15) is 10.4 Å². The Balaban J connectivity index is 2.34. The molecule has 3 N–H and O–H groups in total. The molecule has 0 atom stereocenters. The number of benzene rings is 2. The van der Waals surface area contributed by atoms with Gasteiger partial charge in [-0.15, -0.1) is 0 Å². The maximum absolute atomic E-state index is 12.1. The summed E-state index contributed by atoms with van der Waals surface area (Å²) in [5.74, 6) is -0.646. The minimum Gasteiger partial charge on any atom is -0.423 e. The van der Waals surface area contributed by atoms with Gasteiger partial charge in [0.2, 0.25) is 0 Å². The molecule has 0 radical (unpaired) electrons. The number of amides is 1. The van der Waals surface area contributed by atoms with Gasteiger partial charge in [-0.25, -0.2) is 0 Å². The normalized spacial score (nSPS) is 10.0. The van der Waals surface area contributed by atoms with E-state index in [1.807, 2.05) is 0 Å². The van der Waals surface area contributed by atoms with Gasteiger partial charge in [0, 0.05) is 11.8 Å². The zero-order chi connectivity index (χ0) is 15.4. The largest absolute Gasteiger partial charge is 0.488 e. The highest BCUT2D eigenvalue weighted by Gasteiger charge is 2.23. The number of hydrogen-bond acceptors (Lipinski definition) is 5. The summed E-state index contributed by atoms with van der Waals surface area (Å²) in [5, 5.41) is 31.6. The molecule has 0 aliphatic heterocycles. The van der Waals surface area contributed by atoms with Crippen LogP contribution in [0, 0.1) is 10.1 Å². The highest BCUT2D eigenvalue weighted by molar-refractivity contribution is 6.58. The van der Waals surface area contributed by atoms with Gasteiger partial charge in [0.15, 0.2) is 0 Å². The van der Waals surface area contributed by atoms with Gasteiger partial charge in [-0.05, 0) is 23.7 Å². The average Bonchev–Trinajstić information content (AvgIpc) is 2.47. The number of carbonyl (C=O) groups excluding carboxylic acids is 1. The topological polar surface area (TPSA) is 113 Å². The van der Waals surface area contributed by atoms with E-state index in [1.54, 1.807) is 30.3 Å². The highest BCUT2D eigenvalue weighted by Crippen LogP contribution is 2.18. The predicted molar refractivity (Wildman–Crippen MR) is 77.3 cm³/mol. The quantitative estimate of drug-likeness (QED) is 0.431. The molecule has 0 saturated carbocycles. The predicted octanol–water partition coefficient (Wildman–Crippen LogP) is 0.527. The van der Waals surface area contributed by atoms with Crippen LogP contribution in [0.4, 0.5) is 11.4 Å². The first-order valence-electron chi connectivity index (χ1n) is 6.00. The van der Waals surface area contributed by atoms with Crippen LogP contribution in [0.15, 0.2) is 48.5 Å². The summed E-state index contributed by atoms with van der Waals surface area (Å²) in [6.45, 7) is 0. The Labute approximate surface area is 120 Å². The third-order valence-electron chi connectivity index (χ3n) is 2.79. The van der Waals surface area contributed by atoms with Crippen LogP contribution in [-0.4, -0.2) is 28.0 Å². The van der Waals surface area contributed by atoms with Crippen molar-refractivity contribution in [3.63, 3.8) is 0 Å². The van der Waals surface area contributed by atoms with Crippen LogP contribution in [0.3, 0.4) is 0 Å². The molecule has 7 nitrogen and oxygen atoms in total. The first kappa shape index (κ1) is 14.7. The Morgan fingerprint density at radius 1 is 1.14 bits per heavy atom. The van der Waals surface area contributed by atoms with Gasteiger partial charge >= 0.3 is 7.12 Å². The molecule has 0 aliphatic rings. The standard InChI is InChI=1S/C13H11BN2O5/c17-13(15-10-4-2-1-3-5-10)11-7-6-9(14(18)19)8-12(11)16(20)21/h1-8,18-19H,(H,15,17). The molecule has 0 saturated heterocycles. The molecule has 2 rings (SSSR count). The van der Waals surface area contributed by atoms with E-state index in [-0.39, 0.29) is 11.0 Å². The summed E-state index contributed by atoms with van der Waals surface area (Å²) in [4.78, 5) is 22.4. The van der Waals surface area contributed by atoms with Crippen LogP contribution in [0.25, 0.3) is 0 Å². The van der Waals surface area contributed by atoms with Crippen LogP contribution >= 0.6 is 0 Å². The molecule has 0 spiro atoms. The Morgan fingerprint density at radius 2 is 1.81 bits per heavy atom. The summed E-state index contributed by atoms with van der Waals surface area (Å²) in [5.41, 5.74) is -0.205. The second-order valence-corrected chi connectivity index (χ2v) is 4.23. The first-order chi connectivity index (χ1) is 9.99. The van der Waals surface area contributed by atoms with E-state index < -0.39 is 23.6 Å². The van der Waals surface area contributed by atoms with Crippen molar-refractivity contribution in [1.82, 2.24) is 0 Å². The lowest BCUT2D eigenvalue weighted by molar-refractivity contribution is -0.385. The van der Waals surface area contributed by atoms with Crippen LogP contribution < -0.4 is 10.8 Å². The third-order valence-corrected chi connectivity index (χ3v) is 2.79. The van der Waals surface area contributed by atoms with Crippen LogP contribution in [0.2, 0.25) is 0 Å². The van der Waals surface area contributed by atoms with E-state index in [9.17, 15) is 14.9 Å². The zero-order valence-electron chi connectivity index (χ0n) is 10.8. The Bertz CT molecular complexity index is 676. The van der Waals surface area contributed by atoms with Crippen molar-refractivity contribution >= 4 is 29.9 Å². The number of nitrogens with zero attached hydrogens (tertiary/aromatic N) is 1. The lowest BCUT2D eigenvalue weighted by Crippen LogP contribution is -2.30. The molecular formula is C13H11BN2O5. The number of para-hydroxylation sites is 1. The molecule has 0 aromatic heterocycles. The maximum Gasteiger partial charge on any atom is 0.488 e. The number of nitro groups is 1. The molecule has 2 aromatic rings. The van der Waals surface area contributed by atoms with Crippen LogP contribution in [-0.2, 0) is 0 Å². The van der Waals surface area contributed by atoms with E-state index in [0.717, 1.165) is 6.07 Å². The highest BCUT2D eigenvalue weighted by atomic mass is 16.6. The van der Waals surface area contributed by atoms with Gasteiger partial charge in [0.05, 0.1) is 4.92 Å². The first-order valence-corrected chi connectivity index (χ1v) is 6.00. The fraction of sp³-hybridized carbons (Fsp3) is 0. The summed E-state index contributed by atoms with van der Waals surface area (Å²) >= 11 is 0. The smallest absolute Gasteiger partial charge is 0.423 e. The lowest BCUT2D eigenvalue weighted by atomic mass is 9.79. The van der Waals surface area contributed by atoms with Crippen molar-refractivity contribution in [2.24, 2.45) is 0 Å². The number of carbonyl (C=O) groups is 1. The van der Waals surface area contributed by atoms with Crippen molar-refractivity contribution in [3.05, 3.63) is 64.2 Å². The van der Waals surface area contributed by atoms with Gasteiger partial charge < -0.3 is 15.4 Å². The molecule has 0 fully saturated rings. The molecule has 0 aliphatic carbocycles. The van der Waals surface area contributed by atoms with Crippen molar-refractivity contribution < 1.29 is 19.8 Å². The SMILES string of the molecule is O=C(Nc1ccccc1)c1ccc(B(O)O)cc1[N+](=O)[O-]. The number of hydrogen-bond donors (Lipinski definition) is 3. The second kappa shape index (κ2) is 6.16. The minimum atomic E-state index is -1.84. The summed E-state index contributed by atoms with van der Waals surface area (Å²) < 4.78 is 0. The Morgan fingerprint density at radius 3 is 2.38 bits per heavy atom. The molecule has 0 heterocycles. The third kappa shape index (κ3) is 3.44. The lowest BCUT2D eigenvalue weighted by Gasteiger charge is -2.07. The summed E-state index contributed by atoms with van der Waals surface area (Å²) in [7, 11) is -1.84. The van der Waals surface area contributed by atoms with E-state index in [0.29, 0.717) is 5.69 Å². The zero-order valence-corrected chi connectivity index (χ0v) is 10.8. The van der Waals surface area contributed by atoms with Crippen molar-refractivity contribution in [3.8, 4) is 0 Å². The molecule has 0 bridgehead atoms. The maximum atomic E-state index is 12.1. The molecule has 0 unspecified atom stereocenters. The van der Waals surface area contributed by atoms with E-state index in [2.05, 4.69) is 5.32 Å². The summed E-state index contributed by atoms with van der Waals surface area (Å²) in [6.07, 6.45) is 0. The fourth-order valence-electron chi connectivity index (χ4n) is 1.77. The Kier molecular flexibility index (Phi) is 4.31. The van der Waals surface area contributed by atoms with Crippen LogP contribution in [0.5, 0.6) is 0 Å². The van der Waals surface area contributed by atoms with E-state index in [1.165, 1.54) is 12.1 Å². The molecule has 21 heavy (non-hydrogen) atoms. The number of anilines is 1. The second-order valence-electron chi connectivity index (χ2n) is 4.23. The van der Waals surface area contributed by atoms with Gasteiger partial charge in [-0.2, -0.15) is 0 Å². The Hall–Kier alpha value is -2.71. The number of rotatable bonds is 4. The fourth-order valence-corrected chi connectivity index (χ4v) is 1.77. The summed E-state index contributed by atoms with van der Waals surface area (Å²) in [6, 6.07) is 11.9. The molecule has 8 heteroatoms. The molecule has 106 valence electrons. The van der Waals surface area contributed by atoms with Crippen molar-refractivity contribution in [1.29, 1.82) is 0 Å². The average molecular weight is 286 g/mol. The number of nitro benzene ring substituents is 1.